The van der Waals surface area contributed by atoms with E-state index in [1.807, 2.05) is 25.1 Å². The van der Waals surface area contributed by atoms with E-state index >= 15 is 0 Å². The van der Waals surface area contributed by atoms with Crippen LogP contribution in [0.25, 0.3) is 22.4 Å². The van der Waals surface area contributed by atoms with Crippen LogP contribution < -0.4 is 0 Å². The van der Waals surface area contributed by atoms with Crippen LogP contribution in [0.2, 0.25) is 0 Å². The lowest BCUT2D eigenvalue weighted by molar-refractivity contribution is 0.629. The number of aromatic amines is 1. The van der Waals surface area contributed by atoms with Crippen molar-refractivity contribution in [1.82, 2.24) is 9.97 Å². The zero-order chi connectivity index (χ0) is 12.7. The van der Waals surface area contributed by atoms with Crippen molar-refractivity contribution in [2.75, 3.05) is 0 Å². The van der Waals surface area contributed by atoms with Gasteiger partial charge in [0.25, 0.3) is 0 Å². The summed E-state index contributed by atoms with van der Waals surface area (Å²) in [6.45, 7) is 1.99. The normalized spacial score (nSPS) is 11.1. The molecule has 4 heteroatoms. The van der Waals surface area contributed by atoms with Crippen molar-refractivity contribution in [3.63, 3.8) is 0 Å². The van der Waals surface area contributed by atoms with Gasteiger partial charge in [0.2, 0.25) is 0 Å². The Morgan fingerprint density at radius 2 is 2.06 bits per heavy atom. The summed E-state index contributed by atoms with van der Waals surface area (Å²) < 4.78 is 14.6. The molecule has 0 amide bonds. The SMILES string of the molecule is Cc1cccc2[nH]c(-c3ccc(Br)cc3F)nc12. The van der Waals surface area contributed by atoms with Crippen molar-refractivity contribution >= 4 is 27.0 Å². The predicted octanol–water partition coefficient (Wildman–Crippen LogP) is 4.44. The highest BCUT2D eigenvalue weighted by Gasteiger charge is 2.11. The molecule has 1 N–H and O–H groups in total. The first-order valence-electron chi connectivity index (χ1n) is 5.56. The van der Waals surface area contributed by atoms with Crippen molar-refractivity contribution in [2.45, 2.75) is 6.92 Å². The van der Waals surface area contributed by atoms with E-state index < -0.39 is 0 Å². The summed E-state index contributed by atoms with van der Waals surface area (Å²) in [4.78, 5) is 7.61. The average molecular weight is 305 g/mol. The second kappa shape index (κ2) is 4.21. The highest BCUT2D eigenvalue weighted by molar-refractivity contribution is 9.10. The minimum absolute atomic E-state index is 0.291. The van der Waals surface area contributed by atoms with Gasteiger partial charge in [-0.3, -0.25) is 0 Å². The summed E-state index contributed by atoms with van der Waals surface area (Å²) >= 11 is 3.24. The van der Waals surface area contributed by atoms with Crippen LogP contribution in [0.1, 0.15) is 5.56 Å². The molecule has 2 nitrogen and oxygen atoms in total. The van der Waals surface area contributed by atoms with Gasteiger partial charge in [-0.2, -0.15) is 0 Å². The van der Waals surface area contributed by atoms with Crippen LogP contribution in [-0.2, 0) is 0 Å². The van der Waals surface area contributed by atoms with E-state index in [0.717, 1.165) is 21.1 Å². The summed E-state index contributed by atoms with van der Waals surface area (Å²) in [5.74, 6) is 0.269. The number of imidazole rings is 1. The van der Waals surface area contributed by atoms with E-state index in [1.165, 1.54) is 6.07 Å². The Balaban J connectivity index is 2.23. The minimum atomic E-state index is -0.291. The molecule has 0 spiro atoms. The summed E-state index contributed by atoms with van der Waals surface area (Å²) in [5.41, 5.74) is 3.36. The van der Waals surface area contributed by atoms with Gasteiger partial charge >= 0.3 is 0 Å². The Hall–Kier alpha value is -1.68. The van der Waals surface area contributed by atoms with Crippen LogP contribution in [0.4, 0.5) is 4.39 Å². The largest absolute Gasteiger partial charge is 0.338 e. The lowest BCUT2D eigenvalue weighted by Crippen LogP contribution is -1.86. The van der Waals surface area contributed by atoms with Crippen molar-refractivity contribution in [1.29, 1.82) is 0 Å². The lowest BCUT2D eigenvalue weighted by Gasteiger charge is -1.99. The molecule has 0 unspecified atom stereocenters. The second-order valence-electron chi connectivity index (χ2n) is 4.18. The first-order chi connectivity index (χ1) is 8.65. The third-order valence-electron chi connectivity index (χ3n) is 2.90. The highest BCUT2D eigenvalue weighted by Crippen LogP contribution is 2.26. The van der Waals surface area contributed by atoms with E-state index in [2.05, 4.69) is 25.9 Å². The standard InChI is InChI=1S/C14H10BrFN2/c1-8-3-2-4-12-13(8)18-14(17-12)10-6-5-9(15)7-11(10)16/h2-7H,1H3,(H,17,18). The quantitative estimate of drug-likeness (QED) is 0.707. The van der Waals surface area contributed by atoms with Crippen LogP contribution in [0, 0.1) is 12.7 Å². The fraction of sp³-hybridized carbons (Fsp3) is 0.0714. The number of fused-ring (bicyclic) bond motifs is 1. The summed E-state index contributed by atoms with van der Waals surface area (Å²) in [6.07, 6.45) is 0. The van der Waals surface area contributed by atoms with E-state index in [4.69, 9.17) is 0 Å². The summed E-state index contributed by atoms with van der Waals surface area (Å²) in [5, 5.41) is 0. The number of hydrogen-bond acceptors (Lipinski definition) is 1. The second-order valence-corrected chi connectivity index (χ2v) is 5.10. The lowest BCUT2D eigenvalue weighted by atomic mass is 10.2. The maximum absolute atomic E-state index is 13.9. The molecule has 90 valence electrons. The van der Waals surface area contributed by atoms with Crippen LogP contribution >= 0.6 is 15.9 Å². The Bertz CT molecular complexity index is 734. The van der Waals surface area contributed by atoms with Gasteiger partial charge < -0.3 is 4.98 Å². The van der Waals surface area contributed by atoms with Gasteiger partial charge in [0, 0.05) is 4.47 Å². The predicted molar refractivity (Wildman–Crippen MR) is 73.9 cm³/mol. The molecular formula is C14H10BrFN2. The number of benzene rings is 2. The molecule has 0 saturated heterocycles. The fourth-order valence-electron chi connectivity index (χ4n) is 1.98. The monoisotopic (exact) mass is 304 g/mol. The number of hydrogen-bond donors (Lipinski definition) is 1. The molecule has 0 aliphatic carbocycles. The maximum atomic E-state index is 13.9. The van der Waals surface area contributed by atoms with Gasteiger partial charge in [-0.05, 0) is 36.8 Å². The first kappa shape index (κ1) is 11.4. The van der Waals surface area contributed by atoms with E-state index in [-0.39, 0.29) is 5.82 Å². The molecule has 0 atom stereocenters. The molecule has 0 saturated carbocycles. The van der Waals surface area contributed by atoms with Gasteiger partial charge in [0.1, 0.15) is 11.6 Å². The number of aryl methyl sites for hydroxylation is 1. The highest BCUT2D eigenvalue weighted by atomic mass is 79.9. The molecule has 3 aromatic rings. The number of para-hydroxylation sites is 1. The number of aromatic nitrogens is 2. The number of H-pyrrole nitrogens is 1. The smallest absolute Gasteiger partial charge is 0.141 e. The zero-order valence-corrected chi connectivity index (χ0v) is 11.3. The average Bonchev–Trinajstić information content (AvgIpc) is 2.74. The van der Waals surface area contributed by atoms with E-state index in [1.54, 1.807) is 12.1 Å². The molecular weight excluding hydrogens is 295 g/mol. The van der Waals surface area contributed by atoms with Crippen LogP contribution in [0.3, 0.4) is 0 Å². The van der Waals surface area contributed by atoms with E-state index in [9.17, 15) is 4.39 Å². The van der Waals surface area contributed by atoms with Crippen LogP contribution in [0.5, 0.6) is 0 Å². The molecule has 0 bridgehead atoms. The Morgan fingerprint density at radius 3 is 2.78 bits per heavy atom. The molecule has 1 aromatic heterocycles. The number of halogens is 2. The van der Waals surface area contributed by atoms with Crippen LogP contribution in [-0.4, -0.2) is 9.97 Å². The fourth-order valence-corrected chi connectivity index (χ4v) is 2.32. The molecule has 2 aromatic carbocycles. The molecule has 0 aliphatic rings. The molecule has 3 rings (SSSR count). The van der Waals surface area contributed by atoms with Crippen molar-refractivity contribution in [2.24, 2.45) is 0 Å². The van der Waals surface area contributed by atoms with Crippen molar-refractivity contribution < 1.29 is 4.39 Å². The van der Waals surface area contributed by atoms with Gasteiger partial charge in [-0.15, -0.1) is 0 Å². The Labute approximate surface area is 112 Å². The van der Waals surface area contributed by atoms with Crippen LogP contribution in [0.15, 0.2) is 40.9 Å². The minimum Gasteiger partial charge on any atom is -0.338 e. The van der Waals surface area contributed by atoms with Gasteiger partial charge in [-0.1, -0.05) is 28.1 Å². The summed E-state index contributed by atoms with van der Waals surface area (Å²) in [6, 6.07) is 10.8. The topological polar surface area (TPSA) is 28.7 Å². The van der Waals surface area contributed by atoms with Gasteiger partial charge in [-0.25, -0.2) is 9.37 Å². The third-order valence-corrected chi connectivity index (χ3v) is 3.39. The number of rotatable bonds is 1. The zero-order valence-electron chi connectivity index (χ0n) is 9.67. The number of nitrogens with zero attached hydrogens (tertiary/aromatic N) is 1. The Kier molecular flexibility index (Phi) is 2.67. The molecule has 0 radical (unpaired) electrons. The Morgan fingerprint density at radius 1 is 1.22 bits per heavy atom. The van der Waals surface area contributed by atoms with Gasteiger partial charge in [0.15, 0.2) is 0 Å². The molecule has 1 heterocycles. The third kappa shape index (κ3) is 1.82. The molecule has 0 fully saturated rings. The van der Waals surface area contributed by atoms with E-state index in [0.29, 0.717) is 11.4 Å². The maximum Gasteiger partial charge on any atom is 0.141 e. The molecule has 0 aliphatic heterocycles. The summed E-state index contributed by atoms with van der Waals surface area (Å²) in [7, 11) is 0. The van der Waals surface area contributed by atoms with Gasteiger partial charge in [0.05, 0.1) is 16.6 Å². The van der Waals surface area contributed by atoms with Crippen molar-refractivity contribution in [3.8, 4) is 11.4 Å². The number of nitrogens with one attached hydrogen (secondary N) is 1. The van der Waals surface area contributed by atoms with Crippen molar-refractivity contribution in [3.05, 3.63) is 52.3 Å². The molecule has 18 heavy (non-hydrogen) atoms. The first-order valence-corrected chi connectivity index (χ1v) is 6.35.